The highest BCUT2D eigenvalue weighted by Crippen LogP contribution is 2.13. The fourth-order valence-electron chi connectivity index (χ4n) is 2.01. The normalized spacial score (nSPS) is 12.4. The molecular formula is C17H21N3O6S. The lowest BCUT2D eigenvalue weighted by atomic mass is 10.2. The average Bonchev–Trinajstić information content (AvgIpc) is 3.04. The number of aromatic nitrogens is 1. The fraction of sp³-hybridized carbons (Fsp3) is 0.353. The summed E-state index contributed by atoms with van der Waals surface area (Å²) < 4.78 is 36.6. The van der Waals surface area contributed by atoms with Crippen LogP contribution >= 0.6 is 0 Å². The summed E-state index contributed by atoms with van der Waals surface area (Å²) in [5, 5.41) is 6.00. The minimum absolute atomic E-state index is 0.0403. The highest BCUT2D eigenvalue weighted by molar-refractivity contribution is 7.89. The molecule has 0 radical (unpaired) electrons. The van der Waals surface area contributed by atoms with E-state index in [1.807, 2.05) is 6.92 Å². The van der Waals surface area contributed by atoms with E-state index >= 15 is 0 Å². The number of nitrogens with zero attached hydrogens (tertiary/aromatic N) is 1. The molecule has 1 heterocycles. The lowest BCUT2D eigenvalue weighted by Gasteiger charge is -2.12. The van der Waals surface area contributed by atoms with Gasteiger partial charge in [-0.05, 0) is 44.5 Å². The molecule has 0 spiro atoms. The molecule has 0 bridgehead atoms. The van der Waals surface area contributed by atoms with Gasteiger partial charge in [-0.25, -0.2) is 17.9 Å². The van der Waals surface area contributed by atoms with Gasteiger partial charge >= 0.3 is 5.97 Å². The van der Waals surface area contributed by atoms with Crippen molar-refractivity contribution in [3.05, 3.63) is 41.7 Å². The molecule has 0 saturated heterocycles. The molecule has 0 unspecified atom stereocenters. The van der Waals surface area contributed by atoms with Crippen LogP contribution in [0.1, 0.15) is 36.4 Å². The Labute approximate surface area is 157 Å². The maximum Gasteiger partial charge on any atom is 0.338 e. The summed E-state index contributed by atoms with van der Waals surface area (Å²) in [4.78, 5) is 23.7. The Morgan fingerprint density at radius 1 is 1.26 bits per heavy atom. The van der Waals surface area contributed by atoms with E-state index in [0.29, 0.717) is 12.2 Å². The molecule has 1 aromatic carbocycles. The number of aryl methyl sites for hydroxylation is 1. The predicted octanol–water partition coefficient (Wildman–Crippen LogP) is 1.86. The third kappa shape index (κ3) is 5.90. The molecule has 0 saturated carbocycles. The van der Waals surface area contributed by atoms with Gasteiger partial charge in [-0.15, -0.1) is 0 Å². The molecule has 0 aliphatic carbocycles. The molecule has 146 valence electrons. The topological polar surface area (TPSA) is 128 Å². The highest BCUT2D eigenvalue weighted by Gasteiger charge is 2.18. The number of carbonyl (C=O) groups is 2. The number of nitrogens with one attached hydrogen (secondary N) is 2. The zero-order valence-corrected chi connectivity index (χ0v) is 16.0. The number of rotatable bonds is 8. The van der Waals surface area contributed by atoms with Crippen LogP contribution in [0.25, 0.3) is 0 Å². The van der Waals surface area contributed by atoms with Crippen molar-refractivity contribution in [1.82, 2.24) is 9.88 Å². The first-order chi connectivity index (χ1) is 12.7. The van der Waals surface area contributed by atoms with Crippen LogP contribution in [0.3, 0.4) is 0 Å². The van der Waals surface area contributed by atoms with E-state index in [4.69, 9.17) is 9.26 Å². The number of hydrogen-bond donors (Lipinski definition) is 2. The molecule has 2 rings (SSSR count). The summed E-state index contributed by atoms with van der Waals surface area (Å²) in [6, 6.07) is 6.58. The number of benzene rings is 1. The first-order valence-electron chi connectivity index (χ1n) is 8.24. The van der Waals surface area contributed by atoms with Crippen LogP contribution in [-0.4, -0.2) is 38.1 Å². The van der Waals surface area contributed by atoms with Crippen LogP contribution in [0.4, 0.5) is 5.82 Å². The maximum atomic E-state index is 12.2. The first kappa shape index (κ1) is 20.6. The van der Waals surface area contributed by atoms with Crippen LogP contribution in [0.2, 0.25) is 0 Å². The Hall–Kier alpha value is -2.72. The molecule has 9 nitrogen and oxygen atoms in total. The number of carbonyl (C=O) groups excluding carboxylic acids is 2. The maximum absolute atomic E-state index is 12.2. The lowest BCUT2D eigenvalue weighted by molar-refractivity contribution is -0.119. The Morgan fingerprint density at radius 2 is 1.93 bits per heavy atom. The first-order valence-corrected chi connectivity index (χ1v) is 9.72. The standard InChI is InChI=1S/C17H21N3O6S/c1-4-11(2)20-27(23,24)14-7-5-13(6-8-14)17(22)25-10-16(21)18-15-9-12(3)26-19-15/h5-9,11,20H,4,10H2,1-3H3,(H,18,19,21)/t11-/m1/s1. The quantitative estimate of drug-likeness (QED) is 0.653. The smallest absolute Gasteiger partial charge is 0.338 e. The van der Waals surface area contributed by atoms with Crippen LogP contribution in [-0.2, 0) is 19.6 Å². The van der Waals surface area contributed by atoms with Gasteiger partial charge in [-0.1, -0.05) is 12.1 Å². The van der Waals surface area contributed by atoms with Crippen molar-refractivity contribution in [3.8, 4) is 0 Å². The third-order valence-corrected chi connectivity index (χ3v) is 5.20. The summed E-state index contributed by atoms with van der Waals surface area (Å²) in [6.07, 6.45) is 0.652. The molecule has 0 aliphatic rings. The van der Waals surface area contributed by atoms with E-state index in [1.165, 1.54) is 30.3 Å². The van der Waals surface area contributed by atoms with Gasteiger partial charge < -0.3 is 14.6 Å². The Balaban J connectivity index is 1.92. The van der Waals surface area contributed by atoms with Gasteiger partial charge in [-0.3, -0.25) is 4.79 Å². The van der Waals surface area contributed by atoms with Gasteiger partial charge in [0.15, 0.2) is 12.4 Å². The molecule has 27 heavy (non-hydrogen) atoms. The van der Waals surface area contributed by atoms with Gasteiger partial charge in [0.05, 0.1) is 10.5 Å². The van der Waals surface area contributed by atoms with Gasteiger partial charge in [0.1, 0.15) is 5.76 Å². The molecule has 2 aromatic rings. The Morgan fingerprint density at radius 3 is 2.48 bits per heavy atom. The van der Waals surface area contributed by atoms with Crippen LogP contribution in [0.5, 0.6) is 0 Å². The second kappa shape index (κ2) is 8.78. The van der Waals surface area contributed by atoms with Crippen molar-refractivity contribution < 1.29 is 27.3 Å². The van der Waals surface area contributed by atoms with Crippen LogP contribution in [0, 0.1) is 6.92 Å². The molecule has 2 N–H and O–H groups in total. The summed E-state index contributed by atoms with van der Waals surface area (Å²) in [5.41, 5.74) is 0.127. The lowest BCUT2D eigenvalue weighted by Crippen LogP contribution is -2.32. The molecule has 10 heteroatoms. The van der Waals surface area contributed by atoms with Crippen molar-refractivity contribution in [2.75, 3.05) is 11.9 Å². The summed E-state index contributed by atoms with van der Waals surface area (Å²) in [5.74, 6) is -0.578. The second-order valence-electron chi connectivity index (χ2n) is 5.90. The van der Waals surface area contributed by atoms with Crippen LogP contribution < -0.4 is 10.0 Å². The number of esters is 1. The van der Waals surface area contributed by atoms with Crippen molar-refractivity contribution in [2.24, 2.45) is 0 Å². The van der Waals surface area contributed by atoms with Gasteiger partial charge in [-0.2, -0.15) is 0 Å². The molecule has 1 atom stereocenters. The third-order valence-electron chi connectivity index (χ3n) is 3.60. The number of ether oxygens (including phenoxy) is 1. The SMILES string of the molecule is CC[C@@H](C)NS(=O)(=O)c1ccc(C(=O)OCC(=O)Nc2cc(C)on2)cc1. The van der Waals surface area contributed by atoms with Crippen molar-refractivity contribution in [2.45, 2.75) is 38.1 Å². The highest BCUT2D eigenvalue weighted by atomic mass is 32.2. The monoisotopic (exact) mass is 395 g/mol. The predicted molar refractivity (Wildman–Crippen MR) is 96.7 cm³/mol. The van der Waals surface area contributed by atoms with E-state index in [9.17, 15) is 18.0 Å². The largest absolute Gasteiger partial charge is 0.452 e. The molecular weight excluding hydrogens is 374 g/mol. The Bertz CT molecular complexity index is 905. The molecule has 1 aromatic heterocycles. The van der Waals surface area contributed by atoms with E-state index in [1.54, 1.807) is 13.8 Å². The van der Waals surface area contributed by atoms with Crippen molar-refractivity contribution >= 4 is 27.7 Å². The molecule has 1 amide bonds. The second-order valence-corrected chi connectivity index (χ2v) is 7.62. The minimum atomic E-state index is -3.65. The van der Waals surface area contributed by atoms with Crippen molar-refractivity contribution in [3.63, 3.8) is 0 Å². The van der Waals surface area contributed by atoms with E-state index in [0.717, 1.165) is 0 Å². The number of anilines is 1. The van der Waals surface area contributed by atoms with Gasteiger partial charge in [0.2, 0.25) is 10.0 Å². The van der Waals surface area contributed by atoms with E-state index < -0.39 is 28.5 Å². The molecule has 0 aliphatic heterocycles. The van der Waals surface area contributed by atoms with Crippen LogP contribution in [0.15, 0.2) is 39.8 Å². The summed E-state index contributed by atoms with van der Waals surface area (Å²) >= 11 is 0. The zero-order valence-electron chi connectivity index (χ0n) is 15.2. The number of hydrogen-bond acceptors (Lipinski definition) is 7. The van der Waals surface area contributed by atoms with Gasteiger partial charge in [0, 0.05) is 12.1 Å². The van der Waals surface area contributed by atoms with Gasteiger partial charge in [0.25, 0.3) is 5.91 Å². The Kier molecular flexibility index (Phi) is 6.70. The zero-order chi connectivity index (χ0) is 20.0. The minimum Gasteiger partial charge on any atom is -0.452 e. The summed E-state index contributed by atoms with van der Waals surface area (Å²) in [7, 11) is -3.65. The van der Waals surface area contributed by atoms with Crippen molar-refractivity contribution in [1.29, 1.82) is 0 Å². The van der Waals surface area contributed by atoms with E-state index in [-0.39, 0.29) is 22.3 Å². The summed E-state index contributed by atoms with van der Waals surface area (Å²) in [6.45, 7) is 4.78. The number of sulfonamides is 1. The molecule has 0 fully saturated rings. The van der Waals surface area contributed by atoms with E-state index in [2.05, 4.69) is 15.2 Å². The fourth-order valence-corrected chi connectivity index (χ4v) is 3.33. The number of amides is 1. The average molecular weight is 395 g/mol.